The van der Waals surface area contributed by atoms with Crippen molar-refractivity contribution in [2.45, 2.75) is 0 Å². The van der Waals surface area contributed by atoms with Gasteiger partial charge in [-0.1, -0.05) is 84.9 Å². The average molecular weight is 502 g/mol. The van der Waals surface area contributed by atoms with E-state index in [1.54, 1.807) is 0 Å². The lowest BCUT2D eigenvalue weighted by atomic mass is 10.0. The van der Waals surface area contributed by atoms with E-state index < -0.39 is 0 Å². The van der Waals surface area contributed by atoms with Gasteiger partial charge in [-0.3, -0.25) is 0 Å². The zero-order chi connectivity index (χ0) is 26.2. The van der Waals surface area contributed by atoms with Gasteiger partial charge < -0.3 is 15.2 Å². The Kier molecular flexibility index (Phi) is 5.60. The Morgan fingerprint density at radius 3 is 1.77 bits per heavy atom. The van der Waals surface area contributed by atoms with E-state index in [1.165, 1.54) is 21.8 Å². The number of fused-ring (bicyclic) bond motifs is 3. The maximum absolute atomic E-state index is 6.19. The molecule has 0 aliphatic rings. The highest BCUT2D eigenvalue weighted by Gasteiger charge is 2.17. The van der Waals surface area contributed by atoms with Crippen molar-refractivity contribution in [1.82, 2.24) is 4.57 Å². The molecule has 6 aromatic carbocycles. The number of rotatable bonds is 5. The predicted octanol–water partition coefficient (Wildman–Crippen LogP) is 9.50. The Morgan fingerprint density at radius 1 is 0.487 bits per heavy atom. The van der Waals surface area contributed by atoms with E-state index >= 15 is 0 Å². The summed E-state index contributed by atoms with van der Waals surface area (Å²) in [6.45, 7) is 0. The molecule has 0 aliphatic heterocycles. The van der Waals surface area contributed by atoms with Gasteiger partial charge in [0.05, 0.1) is 11.0 Å². The molecule has 3 heteroatoms. The highest BCUT2D eigenvalue weighted by molar-refractivity contribution is 6.13. The third-order valence-corrected chi connectivity index (χ3v) is 7.29. The van der Waals surface area contributed by atoms with Gasteiger partial charge >= 0.3 is 0 Å². The molecule has 0 unspecified atom stereocenters. The van der Waals surface area contributed by atoms with Gasteiger partial charge in [0.15, 0.2) is 0 Å². The normalized spacial score (nSPS) is 11.2. The topological polar surface area (TPSA) is 34.2 Å². The molecule has 186 valence electrons. The summed E-state index contributed by atoms with van der Waals surface area (Å²) < 4.78 is 2.38. The molecular weight excluding hydrogens is 474 g/mol. The number of hydrogen-bond acceptors (Lipinski definition) is 2. The zero-order valence-corrected chi connectivity index (χ0v) is 21.4. The van der Waals surface area contributed by atoms with Gasteiger partial charge in [0.25, 0.3) is 0 Å². The van der Waals surface area contributed by atoms with Crippen LogP contribution in [0.2, 0.25) is 0 Å². The standard InChI is InChI=1S/C36H27N3/c37-27-12-9-11-26(25-27)32-18-10-19-34-33-17-7-8-20-35(33)39(36(32)34)31-23-21-30(22-24-31)38(28-13-3-1-4-14-28)29-15-5-2-6-16-29/h1-25H,37H2. The van der Waals surface area contributed by atoms with Crippen molar-refractivity contribution in [2.75, 3.05) is 10.6 Å². The molecule has 0 fully saturated rings. The van der Waals surface area contributed by atoms with Crippen molar-refractivity contribution in [3.05, 3.63) is 152 Å². The lowest BCUT2D eigenvalue weighted by Gasteiger charge is -2.25. The second-order valence-electron chi connectivity index (χ2n) is 9.70. The number of para-hydroxylation sites is 4. The van der Waals surface area contributed by atoms with Gasteiger partial charge in [0.2, 0.25) is 0 Å². The SMILES string of the molecule is Nc1cccc(-c2cccc3c4ccccc4n(-c4ccc(N(c5ccccc5)c5ccccc5)cc4)c23)c1. The fourth-order valence-corrected chi connectivity index (χ4v) is 5.58. The number of anilines is 4. The van der Waals surface area contributed by atoms with Crippen LogP contribution in [0, 0.1) is 0 Å². The first kappa shape index (κ1) is 22.9. The van der Waals surface area contributed by atoms with Crippen LogP contribution in [0.3, 0.4) is 0 Å². The molecule has 39 heavy (non-hydrogen) atoms. The molecule has 7 rings (SSSR count). The molecule has 0 amide bonds. The van der Waals surface area contributed by atoms with Crippen LogP contribution < -0.4 is 10.6 Å². The lowest BCUT2D eigenvalue weighted by molar-refractivity contribution is 1.17. The fourth-order valence-electron chi connectivity index (χ4n) is 5.58. The number of aromatic nitrogens is 1. The third kappa shape index (κ3) is 4.01. The minimum Gasteiger partial charge on any atom is -0.399 e. The minimum absolute atomic E-state index is 0.762. The molecule has 0 bridgehead atoms. The van der Waals surface area contributed by atoms with Crippen LogP contribution in [0.25, 0.3) is 38.6 Å². The zero-order valence-electron chi connectivity index (χ0n) is 21.4. The number of nitrogen functional groups attached to an aromatic ring is 1. The van der Waals surface area contributed by atoms with E-state index in [-0.39, 0.29) is 0 Å². The van der Waals surface area contributed by atoms with Gasteiger partial charge in [-0.15, -0.1) is 0 Å². The van der Waals surface area contributed by atoms with Crippen molar-refractivity contribution >= 4 is 44.6 Å². The number of benzene rings is 6. The van der Waals surface area contributed by atoms with E-state index in [9.17, 15) is 0 Å². The van der Waals surface area contributed by atoms with Crippen LogP contribution in [-0.2, 0) is 0 Å². The van der Waals surface area contributed by atoms with Gasteiger partial charge in [0.1, 0.15) is 0 Å². The average Bonchev–Trinajstić information content (AvgIpc) is 3.33. The van der Waals surface area contributed by atoms with Crippen molar-refractivity contribution in [3.63, 3.8) is 0 Å². The monoisotopic (exact) mass is 501 g/mol. The summed E-state index contributed by atoms with van der Waals surface area (Å²) in [5, 5.41) is 2.46. The van der Waals surface area contributed by atoms with E-state index in [0.29, 0.717) is 0 Å². The van der Waals surface area contributed by atoms with Crippen LogP contribution in [0.4, 0.5) is 22.7 Å². The van der Waals surface area contributed by atoms with Crippen LogP contribution >= 0.6 is 0 Å². The number of nitrogens with two attached hydrogens (primary N) is 1. The van der Waals surface area contributed by atoms with Crippen LogP contribution in [0.5, 0.6) is 0 Å². The summed E-state index contributed by atoms with van der Waals surface area (Å²) in [6.07, 6.45) is 0. The van der Waals surface area contributed by atoms with Crippen molar-refractivity contribution in [1.29, 1.82) is 0 Å². The molecule has 0 aliphatic carbocycles. The Morgan fingerprint density at radius 2 is 1.08 bits per heavy atom. The minimum atomic E-state index is 0.762. The Bertz CT molecular complexity index is 1860. The molecular formula is C36H27N3. The first-order valence-corrected chi connectivity index (χ1v) is 13.2. The predicted molar refractivity (Wildman–Crippen MR) is 165 cm³/mol. The van der Waals surface area contributed by atoms with Crippen molar-refractivity contribution < 1.29 is 0 Å². The Hall–Kier alpha value is -5.28. The molecule has 0 saturated carbocycles. The van der Waals surface area contributed by atoms with Crippen LogP contribution in [0.1, 0.15) is 0 Å². The van der Waals surface area contributed by atoms with Crippen molar-refractivity contribution in [2.24, 2.45) is 0 Å². The highest BCUT2D eigenvalue weighted by Crippen LogP contribution is 2.40. The van der Waals surface area contributed by atoms with E-state index in [1.807, 2.05) is 12.1 Å². The molecule has 1 heterocycles. The first-order valence-electron chi connectivity index (χ1n) is 13.2. The van der Waals surface area contributed by atoms with Gasteiger partial charge in [0, 0.05) is 44.8 Å². The van der Waals surface area contributed by atoms with Crippen molar-refractivity contribution in [3.8, 4) is 16.8 Å². The Balaban J connectivity index is 1.43. The third-order valence-electron chi connectivity index (χ3n) is 7.29. The summed E-state index contributed by atoms with van der Waals surface area (Å²) in [5.41, 5.74) is 16.1. The second-order valence-corrected chi connectivity index (χ2v) is 9.70. The van der Waals surface area contributed by atoms with E-state index in [2.05, 4.69) is 149 Å². The molecule has 0 radical (unpaired) electrons. The summed E-state index contributed by atoms with van der Waals surface area (Å²) in [5.74, 6) is 0. The molecule has 7 aromatic rings. The van der Waals surface area contributed by atoms with Gasteiger partial charge in [-0.25, -0.2) is 0 Å². The molecule has 0 saturated heterocycles. The Labute approximate surface area is 228 Å². The largest absolute Gasteiger partial charge is 0.399 e. The summed E-state index contributed by atoms with van der Waals surface area (Å²) in [6, 6.07) is 53.2. The molecule has 0 spiro atoms. The van der Waals surface area contributed by atoms with Crippen LogP contribution in [0.15, 0.2) is 152 Å². The fraction of sp³-hybridized carbons (Fsp3) is 0. The quantitative estimate of drug-likeness (QED) is 0.238. The number of nitrogens with zero attached hydrogens (tertiary/aromatic N) is 2. The van der Waals surface area contributed by atoms with Gasteiger partial charge in [-0.05, 0) is 72.3 Å². The van der Waals surface area contributed by atoms with E-state index in [4.69, 9.17) is 5.73 Å². The maximum atomic E-state index is 6.19. The van der Waals surface area contributed by atoms with Crippen LogP contribution in [-0.4, -0.2) is 4.57 Å². The lowest BCUT2D eigenvalue weighted by Crippen LogP contribution is -2.09. The summed E-state index contributed by atoms with van der Waals surface area (Å²) in [7, 11) is 0. The first-order chi connectivity index (χ1) is 19.3. The molecule has 0 atom stereocenters. The number of hydrogen-bond donors (Lipinski definition) is 1. The molecule has 3 nitrogen and oxygen atoms in total. The highest BCUT2D eigenvalue weighted by atomic mass is 15.1. The molecule has 2 N–H and O–H groups in total. The smallest absolute Gasteiger partial charge is 0.0619 e. The summed E-state index contributed by atoms with van der Waals surface area (Å²) in [4.78, 5) is 2.29. The summed E-state index contributed by atoms with van der Waals surface area (Å²) >= 11 is 0. The maximum Gasteiger partial charge on any atom is 0.0619 e. The van der Waals surface area contributed by atoms with Gasteiger partial charge in [-0.2, -0.15) is 0 Å². The second kappa shape index (κ2) is 9.55. The molecule has 1 aromatic heterocycles. The van der Waals surface area contributed by atoms with E-state index in [0.717, 1.165) is 39.6 Å².